The van der Waals surface area contributed by atoms with Crippen molar-refractivity contribution >= 4 is 6.29 Å². The van der Waals surface area contributed by atoms with Gasteiger partial charge in [0.1, 0.15) is 0 Å². The van der Waals surface area contributed by atoms with Gasteiger partial charge in [-0.25, -0.2) is 0 Å². The summed E-state index contributed by atoms with van der Waals surface area (Å²) in [6.07, 6.45) is 7.86. The molecule has 0 aromatic rings. The molecule has 0 aromatic heterocycles. The highest BCUT2D eigenvalue weighted by Crippen LogP contribution is 2.58. The third-order valence-corrected chi connectivity index (χ3v) is 3.30. The molecule has 1 saturated heterocycles. The number of fused-ring (bicyclic) bond motifs is 3. The van der Waals surface area contributed by atoms with Gasteiger partial charge in [-0.2, -0.15) is 0 Å². The average molecular weight is 150 g/mol. The Morgan fingerprint density at radius 1 is 1.64 bits per heavy atom. The first kappa shape index (κ1) is 5.95. The number of rotatable bonds is 1. The maximum Gasteiger partial charge on any atom is 0.156 e. The summed E-state index contributed by atoms with van der Waals surface area (Å²) in [6, 6.07) is 0. The Bertz CT molecular complexity index is 246. The first-order valence-corrected chi connectivity index (χ1v) is 4.17. The van der Waals surface area contributed by atoms with Gasteiger partial charge < -0.3 is 4.74 Å². The third kappa shape index (κ3) is 0.517. The SMILES string of the molecule is O=CC12OC1CC1CC=CC12. The Hall–Kier alpha value is -0.630. The van der Waals surface area contributed by atoms with Crippen LogP contribution >= 0.6 is 0 Å². The second kappa shape index (κ2) is 1.58. The molecule has 4 atom stereocenters. The summed E-state index contributed by atoms with van der Waals surface area (Å²) >= 11 is 0. The van der Waals surface area contributed by atoms with Crippen molar-refractivity contribution in [2.24, 2.45) is 11.8 Å². The van der Waals surface area contributed by atoms with Gasteiger partial charge in [0.05, 0.1) is 6.10 Å². The number of hydrogen-bond acceptors (Lipinski definition) is 2. The molecule has 2 nitrogen and oxygen atoms in total. The number of carbonyl (C=O) groups excluding carboxylic acids is 1. The minimum Gasteiger partial charge on any atom is -0.357 e. The van der Waals surface area contributed by atoms with Crippen LogP contribution in [0.4, 0.5) is 0 Å². The Kier molecular flexibility index (Phi) is 0.856. The fourth-order valence-corrected chi connectivity index (χ4v) is 2.66. The molecule has 0 bridgehead atoms. The summed E-state index contributed by atoms with van der Waals surface area (Å²) in [5.41, 5.74) is -0.363. The van der Waals surface area contributed by atoms with Crippen LogP contribution in [0.15, 0.2) is 12.2 Å². The molecular weight excluding hydrogens is 140 g/mol. The van der Waals surface area contributed by atoms with E-state index in [4.69, 9.17) is 4.74 Å². The summed E-state index contributed by atoms with van der Waals surface area (Å²) in [5, 5.41) is 0. The minimum atomic E-state index is -0.363. The summed E-state index contributed by atoms with van der Waals surface area (Å²) in [5.74, 6) is 1.11. The predicted molar refractivity (Wildman–Crippen MR) is 39.0 cm³/mol. The molecule has 0 radical (unpaired) electrons. The lowest BCUT2D eigenvalue weighted by Crippen LogP contribution is -2.23. The molecule has 11 heavy (non-hydrogen) atoms. The maximum atomic E-state index is 10.8. The van der Waals surface area contributed by atoms with Gasteiger partial charge in [0.2, 0.25) is 0 Å². The predicted octanol–water partition coefficient (Wildman–Crippen LogP) is 0.919. The lowest BCUT2D eigenvalue weighted by molar-refractivity contribution is -0.113. The molecule has 3 rings (SSSR count). The molecule has 3 aliphatic rings. The van der Waals surface area contributed by atoms with Crippen LogP contribution in [-0.2, 0) is 9.53 Å². The van der Waals surface area contributed by atoms with E-state index < -0.39 is 0 Å². The standard InChI is InChI=1S/C9H10O2/c10-5-9-7-3-1-2-6(7)4-8(9)11-9/h1,3,5-8H,2,4H2. The van der Waals surface area contributed by atoms with Crippen LogP contribution in [0.1, 0.15) is 12.8 Å². The van der Waals surface area contributed by atoms with Gasteiger partial charge in [0.25, 0.3) is 0 Å². The smallest absolute Gasteiger partial charge is 0.156 e. The second-order valence-corrected chi connectivity index (χ2v) is 3.76. The van der Waals surface area contributed by atoms with Crippen molar-refractivity contribution in [3.63, 3.8) is 0 Å². The highest BCUT2D eigenvalue weighted by Gasteiger charge is 2.68. The summed E-state index contributed by atoms with van der Waals surface area (Å²) < 4.78 is 5.38. The maximum absolute atomic E-state index is 10.8. The van der Waals surface area contributed by atoms with E-state index in [1.807, 2.05) is 0 Å². The molecule has 4 unspecified atom stereocenters. The number of ether oxygens (including phenoxy) is 1. The van der Waals surface area contributed by atoms with Crippen molar-refractivity contribution in [2.45, 2.75) is 24.5 Å². The minimum absolute atomic E-state index is 0.264. The average Bonchev–Trinajstić information content (AvgIpc) is 2.44. The molecular formula is C9H10O2. The number of allylic oxidation sites excluding steroid dienone is 1. The molecule has 0 aromatic carbocycles. The molecule has 58 valence electrons. The van der Waals surface area contributed by atoms with Crippen LogP contribution in [0.5, 0.6) is 0 Å². The zero-order chi connectivity index (χ0) is 7.47. The largest absolute Gasteiger partial charge is 0.357 e. The summed E-state index contributed by atoms with van der Waals surface area (Å²) in [6.45, 7) is 0. The first-order chi connectivity index (χ1) is 5.37. The summed E-state index contributed by atoms with van der Waals surface area (Å²) in [7, 11) is 0. The Morgan fingerprint density at radius 2 is 2.55 bits per heavy atom. The summed E-state index contributed by atoms with van der Waals surface area (Å²) in [4.78, 5) is 10.8. The fourth-order valence-electron chi connectivity index (χ4n) is 2.66. The normalized spacial score (nSPS) is 57.3. The van der Waals surface area contributed by atoms with Gasteiger partial charge in [-0.3, -0.25) is 4.79 Å². The van der Waals surface area contributed by atoms with Gasteiger partial charge in [0.15, 0.2) is 11.9 Å². The molecule has 2 fully saturated rings. The number of hydrogen-bond donors (Lipinski definition) is 0. The van der Waals surface area contributed by atoms with Gasteiger partial charge in [-0.15, -0.1) is 0 Å². The van der Waals surface area contributed by atoms with Crippen LogP contribution in [0.2, 0.25) is 0 Å². The molecule has 1 aliphatic heterocycles. The second-order valence-electron chi connectivity index (χ2n) is 3.76. The van der Waals surface area contributed by atoms with Gasteiger partial charge in [-0.1, -0.05) is 12.2 Å². The molecule has 2 aliphatic carbocycles. The Labute approximate surface area is 65.2 Å². The van der Waals surface area contributed by atoms with E-state index >= 15 is 0 Å². The van der Waals surface area contributed by atoms with Crippen molar-refractivity contribution in [2.75, 3.05) is 0 Å². The van der Waals surface area contributed by atoms with Crippen LogP contribution in [0, 0.1) is 11.8 Å². The van der Waals surface area contributed by atoms with E-state index in [-0.39, 0.29) is 11.7 Å². The van der Waals surface area contributed by atoms with E-state index in [0.717, 1.165) is 19.1 Å². The van der Waals surface area contributed by atoms with Gasteiger partial charge in [0, 0.05) is 5.92 Å². The number of carbonyl (C=O) groups is 1. The Morgan fingerprint density at radius 3 is 3.36 bits per heavy atom. The van der Waals surface area contributed by atoms with Crippen LogP contribution < -0.4 is 0 Å². The molecule has 0 N–H and O–H groups in total. The lowest BCUT2D eigenvalue weighted by atomic mass is 9.92. The third-order valence-electron chi connectivity index (χ3n) is 3.30. The van der Waals surface area contributed by atoms with Crippen LogP contribution in [0.25, 0.3) is 0 Å². The zero-order valence-corrected chi connectivity index (χ0v) is 6.19. The zero-order valence-electron chi connectivity index (χ0n) is 6.19. The van der Waals surface area contributed by atoms with E-state index in [2.05, 4.69) is 12.2 Å². The van der Waals surface area contributed by atoms with Crippen molar-refractivity contribution < 1.29 is 9.53 Å². The van der Waals surface area contributed by atoms with E-state index in [9.17, 15) is 4.79 Å². The molecule has 0 spiro atoms. The quantitative estimate of drug-likeness (QED) is 0.316. The molecule has 2 heteroatoms. The van der Waals surface area contributed by atoms with E-state index in [1.165, 1.54) is 0 Å². The topological polar surface area (TPSA) is 29.6 Å². The highest BCUT2D eigenvalue weighted by molar-refractivity contribution is 5.71. The van der Waals surface area contributed by atoms with Crippen molar-refractivity contribution in [3.05, 3.63) is 12.2 Å². The van der Waals surface area contributed by atoms with Crippen molar-refractivity contribution in [3.8, 4) is 0 Å². The monoisotopic (exact) mass is 150 g/mol. The number of epoxide rings is 1. The molecule has 0 amide bonds. The fraction of sp³-hybridized carbons (Fsp3) is 0.667. The van der Waals surface area contributed by atoms with Crippen molar-refractivity contribution in [1.82, 2.24) is 0 Å². The molecule has 1 heterocycles. The Balaban J connectivity index is 2.00. The first-order valence-electron chi connectivity index (χ1n) is 4.17. The van der Waals surface area contributed by atoms with Crippen molar-refractivity contribution in [1.29, 1.82) is 0 Å². The van der Waals surface area contributed by atoms with Gasteiger partial charge >= 0.3 is 0 Å². The van der Waals surface area contributed by atoms with E-state index in [0.29, 0.717) is 11.8 Å². The molecule has 1 saturated carbocycles. The van der Waals surface area contributed by atoms with Crippen LogP contribution in [-0.4, -0.2) is 18.0 Å². The van der Waals surface area contributed by atoms with E-state index in [1.54, 1.807) is 0 Å². The lowest BCUT2D eigenvalue weighted by Gasteiger charge is -2.14. The highest BCUT2D eigenvalue weighted by atomic mass is 16.6. The van der Waals surface area contributed by atoms with Crippen LogP contribution in [0.3, 0.4) is 0 Å². The number of aldehydes is 1. The van der Waals surface area contributed by atoms with Gasteiger partial charge in [-0.05, 0) is 18.8 Å².